The molecule has 0 heterocycles. The summed E-state index contributed by atoms with van der Waals surface area (Å²) in [5.74, 6) is 0. The van der Waals surface area contributed by atoms with Gasteiger partial charge in [-0.15, -0.1) is 0 Å². The van der Waals surface area contributed by atoms with Crippen molar-refractivity contribution in [2.75, 3.05) is 0 Å². The molecule has 0 unspecified atom stereocenters. The fourth-order valence-corrected chi connectivity index (χ4v) is 3.62. The molecule has 0 saturated heterocycles. The number of fused-ring (bicyclic) bond motifs is 2. The summed E-state index contributed by atoms with van der Waals surface area (Å²) < 4.78 is 0. The van der Waals surface area contributed by atoms with Gasteiger partial charge >= 0.3 is 0 Å². The van der Waals surface area contributed by atoms with E-state index >= 15 is 0 Å². The molecule has 1 aliphatic carbocycles. The molecule has 0 aliphatic heterocycles. The lowest BCUT2D eigenvalue weighted by Crippen LogP contribution is -1.91. The second-order valence-electron chi connectivity index (χ2n) is 7.20. The Hall–Kier alpha value is -2.86. The van der Waals surface area contributed by atoms with Crippen LogP contribution in [0, 0.1) is 13.8 Å². The smallest absolute Gasteiger partial charge is 0.00883 e. The number of aryl methyl sites for hydroxylation is 2. The van der Waals surface area contributed by atoms with E-state index in [9.17, 15) is 0 Å². The quantitative estimate of drug-likeness (QED) is 0.365. The lowest BCUT2D eigenvalue weighted by molar-refractivity contribution is 1.24. The normalized spacial score (nSPS) is 17.3. The first-order valence-electron chi connectivity index (χ1n) is 10.6. The van der Waals surface area contributed by atoms with E-state index in [1.165, 1.54) is 44.2 Å². The summed E-state index contributed by atoms with van der Waals surface area (Å²) in [4.78, 5) is 0. The summed E-state index contributed by atoms with van der Waals surface area (Å²) in [6.07, 6.45) is 9.64. The van der Waals surface area contributed by atoms with Crippen molar-refractivity contribution >= 4 is 16.3 Å². The highest BCUT2D eigenvalue weighted by atomic mass is 14.1. The molecule has 3 aromatic rings. The number of allylic oxidation sites excluding steroid dienone is 6. The molecule has 3 aromatic carbocycles. The molecule has 150 valence electrons. The number of hydrogen-bond donors (Lipinski definition) is 0. The summed E-state index contributed by atoms with van der Waals surface area (Å²) in [6, 6.07) is 21.5. The molecule has 0 radical (unpaired) electrons. The Morgan fingerprint density at radius 2 is 1.28 bits per heavy atom. The molecule has 1 aliphatic rings. The van der Waals surface area contributed by atoms with Crippen molar-refractivity contribution in [3.05, 3.63) is 113 Å². The van der Waals surface area contributed by atoms with Crippen molar-refractivity contribution in [2.24, 2.45) is 0 Å². The fourth-order valence-electron chi connectivity index (χ4n) is 3.62. The maximum Gasteiger partial charge on any atom is -0.00883 e. The second kappa shape index (κ2) is 11.2. The lowest BCUT2D eigenvalue weighted by atomic mass is 9.96. The summed E-state index contributed by atoms with van der Waals surface area (Å²) in [5, 5.41) is 2.75. The molecule has 0 saturated carbocycles. The SMILES string of the molecule is CC.CC1=C(/C)c2ccccc2C/C=C/C=C\1.Cc1cccc2cccc(C)c12. The summed E-state index contributed by atoms with van der Waals surface area (Å²) in [5.41, 5.74) is 8.25. The van der Waals surface area contributed by atoms with Crippen LogP contribution in [0.5, 0.6) is 0 Å². The average Bonchev–Trinajstić information content (AvgIpc) is 2.81. The highest BCUT2D eigenvalue weighted by molar-refractivity contribution is 5.88. The molecule has 0 spiro atoms. The van der Waals surface area contributed by atoms with Gasteiger partial charge in [-0.3, -0.25) is 0 Å². The molecule has 4 rings (SSSR count). The maximum absolute atomic E-state index is 2.21. The van der Waals surface area contributed by atoms with E-state index in [0.29, 0.717) is 0 Å². The Morgan fingerprint density at radius 3 is 1.90 bits per heavy atom. The van der Waals surface area contributed by atoms with Gasteiger partial charge in [-0.2, -0.15) is 0 Å². The Kier molecular flexibility index (Phi) is 8.68. The lowest BCUT2D eigenvalue weighted by Gasteiger charge is -2.09. The summed E-state index contributed by atoms with van der Waals surface area (Å²) >= 11 is 0. The van der Waals surface area contributed by atoms with Gasteiger partial charge in [0.05, 0.1) is 0 Å². The standard InChI is InChI=1S/C15H16.C12H12.C2H6/c1-12-8-4-3-5-9-14-10-6-7-11-15(14)13(12)2;1-9-5-3-7-11-8-4-6-10(2)12(9)11;1-2/h3-8,10-11H,9H2,1-2H3;3-8H,1-2H3;1-2H3/b5-3+,8-4-,13-12+;;. The van der Waals surface area contributed by atoms with Crippen LogP contribution < -0.4 is 0 Å². The Balaban J connectivity index is 0.000000194. The summed E-state index contributed by atoms with van der Waals surface area (Å²) in [6.45, 7) is 12.7. The van der Waals surface area contributed by atoms with Crippen LogP contribution in [0.1, 0.15) is 49.9 Å². The Labute approximate surface area is 177 Å². The van der Waals surface area contributed by atoms with Crippen molar-refractivity contribution in [1.82, 2.24) is 0 Å². The molecule has 0 nitrogen and oxygen atoms in total. The molecule has 0 heteroatoms. The zero-order chi connectivity index (χ0) is 21.2. The van der Waals surface area contributed by atoms with E-state index in [0.717, 1.165) is 6.42 Å². The van der Waals surface area contributed by atoms with Gasteiger partial charge in [0, 0.05) is 0 Å². The topological polar surface area (TPSA) is 0 Å². The van der Waals surface area contributed by atoms with Gasteiger partial charge in [0.15, 0.2) is 0 Å². The largest absolute Gasteiger partial charge is 0.0801 e. The zero-order valence-electron chi connectivity index (χ0n) is 18.8. The zero-order valence-corrected chi connectivity index (χ0v) is 18.8. The van der Waals surface area contributed by atoms with E-state index < -0.39 is 0 Å². The van der Waals surface area contributed by atoms with Crippen molar-refractivity contribution in [3.8, 4) is 0 Å². The van der Waals surface area contributed by atoms with Gasteiger partial charge in [0.25, 0.3) is 0 Å². The molecule has 0 N–H and O–H groups in total. The monoisotopic (exact) mass is 382 g/mol. The fraction of sp³-hybridized carbons (Fsp3) is 0.241. The van der Waals surface area contributed by atoms with Gasteiger partial charge in [0.2, 0.25) is 0 Å². The Bertz CT molecular complexity index is 992. The van der Waals surface area contributed by atoms with Crippen LogP contribution in [0.25, 0.3) is 16.3 Å². The minimum absolute atomic E-state index is 1.02. The van der Waals surface area contributed by atoms with Gasteiger partial charge in [-0.05, 0) is 78.3 Å². The molecule has 0 aromatic heterocycles. The minimum Gasteiger partial charge on any atom is -0.0801 e. The molecule has 29 heavy (non-hydrogen) atoms. The van der Waals surface area contributed by atoms with Gasteiger partial charge < -0.3 is 0 Å². The predicted molar refractivity (Wildman–Crippen MR) is 131 cm³/mol. The van der Waals surface area contributed by atoms with Crippen LogP contribution in [-0.4, -0.2) is 0 Å². The van der Waals surface area contributed by atoms with Crippen LogP contribution in [0.4, 0.5) is 0 Å². The van der Waals surface area contributed by atoms with Crippen LogP contribution >= 0.6 is 0 Å². The maximum atomic E-state index is 2.21. The molecule has 0 atom stereocenters. The van der Waals surface area contributed by atoms with Crippen molar-refractivity contribution < 1.29 is 0 Å². The molecular formula is C29H34. The van der Waals surface area contributed by atoms with Crippen LogP contribution in [0.15, 0.2) is 90.5 Å². The van der Waals surface area contributed by atoms with Gasteiger partial charge in [-0.25, -0.2) is 0 Å². The minimum atomic E-state index is 1.02. The van der Waals surface area contributed by atoms with E-state index in [1.54, 1.807) is 0 Å². The van der Waals surface area contributed by atoms with Crippen molar-refractivity contribution in [3.63, 3.8) is 0 Å². The molecular weight excluding hydrogens is 348 g/mol. The van der Waals surface area contributed by atoms with Crippen molar-refractivity contribution in [1.29, 1.82) is 0 Å². The highest BCUT2D eigenvalue weighted by Crippen LogP contribution is 2.24. The molecule has 0 fully saturated rings. The third kappa shape index (κ3) is 5.81. The first-order chi connectivity index (χ1) is 14.1. The number of benzene rings is 3. The van der Waals surface area contributed by atoms with Gasteiger partial charge in [0.1, 0.15) is 0 Å². The van der Waals surface area contributed by atoms with Crippen LogP contribution in [0.2, 0.25) is 0 Å². The van der Waals surface area contributed by atoms with E-state index in [-0.39, 0.29) is 0 Å². The van der Waals surface area contributed by atoms with Crippen LogP contribution in [-0.2, 0) is 6.42 Å². The average molecular weight is 383 g/mol. The summed E-state index contributed by atoms with van der Waals surface area (Å²) in [7, 11) is 0. The second-order valence-corrected chi connectivity index (χ2v) is 7.20. The third-order valence-corrected chi connectivity index (χ3v) is 5.27. The number of rotatable bonds is 0. The van der Waals surface area contributed by atoms with E-state index in [4.69, 9.17) is 0 Å². The molecule has 0 bridgehead atoms. The number of hydrogen-bond acceptors (Lipinski definition) is 0. The van der Waals surface area contributed by atoms with Crippen LogP contribution in [0.3, 0.4) is 0 Å². The Morgan fingerprint density at radius 1 is 0.655 bits per heavy atom. The highest BCUT2D eigenvalue weighted by Gasteiger charge is 2.04. The third-order valence-electron chi connectivity index (χ3n) is 5.27. The van der Waals surface area contributed by atoms with E-state index in [1.807, 2.05) is 13.8 Å². The first-order valence-corrected chi connectivity index (χ1v) is 10.6. The van der Waals surface area contributed by atoms with E-state index in [2.05, 4.69) is 113 Å². The predicted octanol–water partition coefficient (Wildman–Crippen LogP) is 8.63. The first kappa shape index (κ1) is 22.4. The van der Waals surface area contributed by atoms with Crippen molar-refractivity contribution in [2.45, 2.75) is 48.0 Å². The van der Waals surface area contributed by atoms with Gasteiger partial charge in [-0.1, -0.05) is 98.8 Å². The molecule has 0 amide bonds.